The summed E-state index contributed by atoms with van der Waals surface area (Å²) < 4.78 is 0. The van der Waals surface area contributed by atoms with Gasteiger partial charge < -0.3 is 14.9 Å². The molecule has 0 aliphatic rings. The minimum Gasteiger partial charge on any atom is -0.481 e. The largest absolute Gasteiger partial charge is 0.481 e. The highest BCUT2D eigenvalue weighted by atomic mass is 16.4. The van der Waals surface area contributed by atoms with Gasteiger partial charge in [-0.05, 0) is 39.9 Å². The van der Waals surface area contributed by atoms with Crippen LogP contribution < -0.4 is 0 Å². The Balaban J connectivity index is 4.67. The molecule has 0 saturated heterocycles. The van der Waals surface area contributed by atoms with Crippen molar-refractivity contribution in [2.45, 2.75) is 40.0 Å². The van der Waals surface area contributed by atoms with Crippen molar-refractivity contribution < 1.29 is 14.7 Å². The number of carbonyl (C=O) groups excluding carboxylic acids is 1. The molecule has 20 heavy (non-hydrogen) atoms. The molecule has 0 aromatic heterocycles. The second kappa shape index (κ2) is 9.75. The number of nitrogens with zero attached hydrogens (tertiary/aromatic N) is 2. The first-order valence-corrected chi connectivity index (χ1v) is 7.49. The van der Waals surface area contributed by atoms with E-state index in [2.05, 4.69) is 4.90 Å². The van der Waals surface area contributed by atoms with Gasteiger partial charge in [-0.2, -0.15) is 0 Å². The molecule has 0 rings (SSSR count). The maximum absolute atomic E-state index is 12.5. The van der Waals surface area contributed by atoms with Gasteiger partial charge in [0.15, 0.2) is 0 Å². The fourth-order valence-corrected chi connectivity index (χ4v) is 2.17. The van der Waals surface area contributed by atoms with E-state index in [4.69, 9.17) is 5.11 Å². The van der Waals surface area contributed by atoms with Gasteiger partial charge in [0.05, 0.1) is 5.92 Å². The normalized spacial score (nSPS) is 12.8. The Morgan fingerprint density at radius 3 is 2.05 bits per heavy atom. The first-order chi connectivity index (χ1) is 9.33. The van der Waals surface area contributed by atoms with E-state index in [1.807, 2.05) is 27.9 Å². The van der Waals surface area contributed by atoms with Gasteiger partial charge in [0.1, 0.15) is 0 Å². The van der Waals surface area contributed by atoms with Gasteiger partial charge in [0.25, 0.3) is 0 Å². The van der Waals surface area contributed by atoms with E-state index in [-0.39, 0.29) is 11.8 Å². The first kappa shape index (κ1) is 18.9. The van der Waals surface area contributed by atoms with Gasteiger partial charge in [0.2, 0.25) is 5.91 Å². The number of carbonyl (C=O) groups is 2. The molecule has 5 nitrogen and oxygen atoms in total. The third-order valence-corrected chi connectivity index (χ3v) is 3.60. The second-order valence-corrected chi connectivity index (χ2v) is 5.69. The van der Waals surface area contributed by atoms with Crippen molar-refractivity contribution in [3.63, 3.8) is 0 Å². The van der Waals surface area contributed by atoms with Crippen molar-refractivity contribution in [3.8, 4) is 0 Å². The van der Waals surface area contributed by atoms with Crippen molar-refractivity contribution in [1.29, 1.82) is 0 Å². The zero-order valence-corrected chi connectivity index (χ0v) is 13.6. The van der Waals surface area contributed by atoms with Crippen LogP contribution in [0.4, 0.5) is 0 Å². The van der Waals surface area contributed by atoms with Crippen LogP contribution in [-0.2, 0) is 9.59 Å². The predicted octanol–water partition coefficient (Wildman–Crippen LogP) is 1.92. The number of aliphatic carboxylic acids is 1. The molecule has 0 aliphatic heterocycles. The molecule has 0 aromatic rings. The maximum atomic E-state index is 12.5. The van der Waals surface area contributed by atoms with Gasteiger partial charge in [-0.1, -0.05) is 20.8 Å². The molecule has 0 aromatic carbocycles. The molecule has 5 heteroatoms. The topological polar surface area (TPSA) is 60.9 Å². The lowest BCUT2D eigenvalue weighted by atomic mass is 10.0. The molecular formula is C15H30N2O3. The van der Waals surface area contributed by atoms with Crippen LogP contribution in [0.3, 0.4) is 0 Å². The van der Waals surface area contributed by atoms with E-state index < -0.39 is 11.9 Å². The average Bonchev–Trinajstić information content (AvgIpc) is 2.38. The first-order valence-electron chi connectivity index (χ1n) is 7.49. The lowest BCUT2D eigenvalue weighted by Crippen LogP contribution is -2.41. The quantitative estimate of drug-likeness (QED) is 0.666. The molecule has 1 unspecified atom stereocenters. The predicted molar refractivity (Wildman–Crippen MR) is 80.6 cm³/mol. The number of carboxylic acids is 1. The van der Waals surface area contributed by atoms with E-state index in [9.17, 15) is 9.59 Å². The summed E-state index contributed by atoms with van der Waals surface area (Å²) in [4.78, 5) is 27.3. The van der Waals surface area contributed by atoms with Crippen LogP contribution in [0, 0.1) is 11.8 Å². The highest BCUT2D eigenvalue weighted by Crippen LogP contribution is 2.14. The molecule has 0 spiro atoms. The lowest BCUT2D eigenvalue weighted by Gasteiger charge is -2.28. The average molecular weight is 286 g/mol. The van der Waals surface area contributed by atoms with Gasteiger partial charge in [-0.15, -0.1) is 0 Å². The van der Waals surface area contributed by atoms with Crippen LogP contribution >= 0.6 is 0 Å². The standard InChI is InChI=1S/C15H30N2O3/c1-6-13(7-2)14(18)17(10-8-9-16(4)5)11-12(3)15(19)20/h12-13H,6-11H2,1-5H3,(H,19,20). The molecule has 118 valence electrons. The minimum absolute atomic E-state index is 0.00958. The Bertz CT molecular complexity index is 301. The Kier molecular flexibility index (Phi) is 9.21. The molecule has 0 aliphatic carbocycles. The van der Waals surface area contributed by atoms with E-state index >= 15 is 0 Å². The smallest absolute Gasteiger partial charge is 0.308 e. The van der Waals surface area contributed by atoms with E-state index in [1.54, 1.807) is 11.8 Å². The number of hydrogen-bond donors (Lipinski definition) is 1. The second-order valence-electron chi connectivity index (χ2n) is 5.69. The van der Waals surface area contributed by atoms with E-state index in [0.717, 1.165) is 25.8 Å². The van der Waals surface area contributed by atoms with Gasteiger partial charge in [-0.25, -0.2) is 0 Å². The van der Waals surface area contributed by atoms with Crippen LogP contribution in [0.2, 0.25) is 0 Å². The number of hydrogen-bond acceptors (Lipinski definition) is 3. The molecule has 0 radical (unpaired) electrons. The van der Waals surface area contributed by atoms with E-state index in [1.165, 1.54) is 0 Å². The summed E-state index contributed by atoms with van der Waals surface area (Å²) in [7, 11) is 3.99. The molecule has 1 amide bonds. The Morgan fingerprint density at radius 2 is 1.65 bits per heavy atom. The Labute approximate surface area is 122 Å². The third-order valence-electron chi connectivity index (χ3n) is 3.60. The maximum Gasteiger partial charge on any atom is 0.308 e. The van der Waals surface area contributed by atoms with Gasteiger partial charge in [0, 0.05) is 19.0 Å². The van der Waals surface area contributed by atoms with Crippen LogP contribution in [0.5, 0.6) is 0 Å². The van der Waals surface area contributed by atoms with Gasteiger partial charge >= 0.3 is 5.97 Å². The number of carboxylic acid groups (broad SMARTS) is 1. The molecule has 0 saturated carbocycles. The van der Waals surface area contributed by atoms with Gasteiger partial charge in [-0.3, -0.25) is 9.59 Å². The summed E-state index contributed by atoms with van der Waals surface area (Å²) in [5.74, 6) is -1.26. The highest BCUT2D eigenvalue weighted by Gasteiger charge is 2.24. The van der Waals surface area contributed by atoms with Crippen molar-refractivity contribution in [1.82, 2.24) is 9.80 Å². The molecule has 1 atom stereocenters. The van der Waals surface area contributed by atoms with Crippen molar-refractivity contribution >= 4 is 11.9 Å². The Morgan fingerprint density at radius 1 is 1.10 bits per heavy atom. The number of amides is 1. The third kappa shape index (κ3) is 6.89. The van der Waals surface area contributed by atoms with Crippen LogP contribution in [0.25, 0.3) is 0 Å². The zero-order valence-electron chi connectivity index (χ0n) is 13.6. The summed E-state index contributed by atoms with van der Waals surface area (Å²) in [6, 6.07) is 0. The summed E-state index contributed by atoms with van der Waals surface area (Å²) in [5, 5.41) is 9.03. The molecule has 0 bridgehead atoms. The monoisotopic (exact) mass is 286 g/mol. The van der Waals surface area contributed by atoms with Crippen LogP contribution in [-0.4, -0.2) is 60.5 Å². The van der Waals surface area contributed by atoms with Crippen molar-refractivity contribution in [3.05, 3.63) is 0 Å². The molecular weight excluding hydrogens is 256 g/mol. The zero-order chi connectivity index (χ0) is 15.7. The van der Waals surface area contributed by atoms with Crippen molar-refractivity contribution in [2.24, 2.45) is 11.8 Å². The van der Waals surface area contributed by atoms with Crippen LogP contribution in [0.15, 0.2) is 0 Å². The summed E-state index contributed by atoms with van der Waals surface area (Å²) in [5.41, 5.74) is 0. The number of rotatable bonds is 10. The lowest BCUT2D eigenvalue weighted by molar-refractivity contribution is -0.144. The summed E-state index contributed by atoms with van der Waals surface area (Å²) >= 11 is 0. The highest BCUT2D eigenvalue weighted by molar-refractivity contribution is 5.79. The van der Waals surface area contributed by atoms with Crippen LogP contribution in [0.1, 0.15) is 40.0 Å². The minimum atomic E-state index is -0.847. The summed E-state index contributed by atoms with van der Waals surface area (Å²) in [6.07, 6.45) is 2.48. The fourth-order valence-electron chi connectivity index (χ4n) is 2.17. The fraction of sp³-hybridized carbons (Fsp3) is 0.867. The van der Waals surface area contributed by atoms with E-state index in [0.29, 0.717) is 13.1 Å². The molecule has 0 heterocycles. The molecule has 0 fully saturated rings. The van der Waals surface area contributed by atoms with Crippen molar-refractivity contribution in [2.75, 3.05) is 33.7 Å². The molecule has 1 N–H and O–H groups in total. The summed E-state index contributed by atoms with van der Waals surface area (Å²) in [6.45, 7) is 7.49. The SMILES string of the molecule is CCC(CC)C(=O)N(CCCN(C)C)CC(C)C(=O)O. The Hall–Kier alpha value is -1.10.